The molecule has 0 aliphatic carbocycles. The third-order valence-electron chi connectivity index (χ3n) is 9.90. The SMILES string of the molecule is Cc1ccc(-n2nccc2-c2ccc3ncn(-c4ccc(F)cc4)c3c2)cc1.Fc1ccc(-n2cnc3ccc(-c4ccnn4-c4ccc(C(F)(F)F)cc4)cc32)cc1. The van der Waals surface area contributed by atoms with E-state index in [0.29, 0.717) is 11.4 Å². The molecule has 290 valence electrons. The molecule has 0 radical (unpaired) electrons. The number of imidazole rings is 2. The lowest BCUT2D eigenvalue weighted by Crippen LogP contribution is -2.05. The highest BCUT2D eigenvalue weighted by Gasteiger charge is 2.30. The molecule has 0 fully saturated rings. The van der Waals surface area contributed by atoms with Crippen LogP contribution >= 0.6 is 0 Å². The molecule has 13 heteroatoms. The minimum Gasteiger partial charge on any atom is -0.299 e. The molecule has 0 N–H and O–H groups in total. The Bertz CT molecular complexity index is 3050. The van der Waals surface area contributed by atoms with Gasteiger partial charge in [-0.15, -0.1) is 0 Å². The summed E-state index contributed by atoms with van der Waals surface area (Å²) in [5.41, 5.74) is 10.6. The number of alkyl halides is 3. The van der Waals surface area contributed by atoms with Crippen LogP contribution in [0.1, 0.15) is 11.1 Å². The first kappa shape index (κ1) is 36.9. The zero-order chi connectivity index (χ0) is 40.7. The first-order valence-electron chi connectivity index (χ1n) is 18.4. The summed E-state index contributed by atoms with van der Waals surface area (Å²) in [5.74, 6) is -0.579. The van der Waals surface area contributed by atoms with Crippen LogP contribution in [0.3, 0.4) is 0 Å². The molecule has 8 nitrogen and oxygen atoms in total. The van der Waals surface area contributed by atoms with Crippen molar-refractivity contribution in [2.45, 2.75) is 13.1 Å². The van der Waals surface area contributed by atoms with Gasteiger partial charge in [0, 0.05) is 22.5 Å². The van der Waals surface area contributed by atoms with E-state index >= 15 is 0 Å². The van der Waals surface area contributed by atoms with Crippen molar-refractivity contribution in [2.24, 2.45) is 0 Å². The van der Waals surface area contributed by atoms with Gasteiger partial charge in [-0.3, -0.25) is 9.13 Å². The van der Waals surface area contributed by atoms with Crippen molar-refractivity contribution in [1.82, 2.24) is 38.7 Å². The fraction of sp³-hybridized carbons (Fsp3) is 0.0435. The van der Waals surface area contributed by atoms with Crippen LogP contribution in [0.15, 0.2) is 171 Å². The lowest BCUT2D eigenvalue weighted by molar-refractivity contribution is -0.137. The van der Waals surface area contributed by atoms with Crippen molar-refractivity contribution in [3.05, 3.63) is 193 Å². The van der Waals surface area contributed by atoms with Crippen LogP contribution < -0.4 is 0 Å². The molecule has 0 bridgehead atoms. The van der Waals surface area contributed by atoms with E-state index < -0.39 is 11.7 Å². The van der Waals surface area contributed by atoms with Crippen LogP contribution in [0, 0.1) is 18.6 Å². The van der Waals surface area contributed by atoms with Crippen molar-refractivity contribution in [2.75, 3.05) is 0 Å². The molecule has 0 spiro atoms. The van der Waals surface area contributed by atoms with Crippen LogP contribution in [-0.2, 0) is 6.18 Å². The van der Waals surface area contributed by atoms with Gasteiger partial charge in [-0.2, -0.15) is 23.4 Å². The highest BCUT2D eigenvalue weighted by molar-refractivity contribution is 5.84. The van der Waals surface area contributed by atoms with Gasteiger partial charge in [0.15, 0.2) is 0 Å². The van der Waals surface area contributed by atoms with Crippen molar-refractivity contribution in [3.63, 3.8) is 0 Å². The molecule has 4 aromatic heterocycles. The standard InChI is InChI=1S/C23H14F4N4.C23H17FN4/c24-17-4-8-18(9-5-17)30-14-28-20-10-1-15(13-22(20)30)21-11-12-29-31(21)19-6-2-16(3-7-19)23(25,26)27;1-16-2-7-20(8-3-16)28-22(12-13-26-28)17-4-11-21-23(14-17)27(15-25-21)19-9-5-18(24)6-10-19/h1-14H;2-15H,1H3. The van der Waals surface area contributed by atoms with E-state index in [1.54, 1.807) is 60.1 Å². The monoisotopic (exact) mass is 790 g/mol. The number of aryl methyl sites for hydroxylation is 1. The summed E-state index contributed by atoms with van der Waals surface area (Å²) >= 11 is 0. The van der Waals surface area contributed by atoms with Gasteiger partial charge >= 0.3 is 6.18 Å². The molecule has 10 rings (SSSR count). The van der Waals surface area contributed by atoms with Gasteiger partial charge < -0.3 is 0 Å². The second-order valence-electron chi connectivity index (χ2n) is 13.7. The maximum atomic E-state index is 13.3. The average molecular weight is 791 g/mol. The van der Waals surface area contributed by atoms with Gasteiger partial charge in [0.25, 0.3) is 0 Å². The van der Waals surface area contributed by atoms with Crippen molar-refractivity contribution in [3.8, 4) is 45.3 Å². The third-order valence-corrected chi connectivity index (χ3v) is 9.90. The van der Waals surface area contributed by atoms with E-state index in [1.165, 1.54) is 42.0 Å². The average Bonchev–Trinajstić information content (AvgIpc) is 4.08. The lowest BCUT2D eigenvalue weighted by Gasteiger charge is -2.11. The Morgan fingerprint density at radius 1 is 0.458 bits per heavy atom. The summed E-state index contributed by atoms with van der Waals surface area (Å²) in [7, 11) is 0. The molecule has 59 heavy (non-hydrogen) atoms. The number of nitrogens with zero attached hydrogens (tertiary/aromatic N) is 8. The fourth-order valence-corrected chi connectivity index (χ4v) is 6.88. The van der Waals surface area contributed by atoms with Gasteiger partial charge in [-0.05, 0) is 128 Å². The van der Waals surface area contributed by atoms with E-state index in [9.17, 15) is 22.0 Å². The molecule has 10 aromatic rings. The summed E-state index contributed by atoms with van der Waals surface area (Å²) in [5, 5.41) is 8.79. The maximum absolute atomic E-state index is 13.3. The van der Waals surface area contributed by atoms with Gasteiger partial charge in [0.2, 0.25) is 0 Å². The second kappa shape index (κ2) is 15.0. The number of halogens is 5. The number of fused-ring (bicyclic) bond motifs is 2. The van der Waals surface area contributed by atoms with E-state index in [4.69, 9.17) is 0 Å². The number of hydrogen-bond acceptors (Lipinski definition) is 4. The second-order valence-corrected chi connectivity index (χ2v) is 13.7. The van der Waals surface area contributed by atoms with Crippen LogP contribution in [0.5, 0.6) is 0 Å². The van der Waals surface area contributed by atoms with Gasteiger partial charge in [0.1, 0.15) is 24.3 Å². The molecule has 0 aliphatic heterocycles. The normalized spacial score (nSPS) is 11.6. The molecule has 0 unspecified atom stereocenters. The first-order valence-corrected chi connectivity index (χ1v) is 18.4. The highest BCUT2D eigenvalue weighted by Crippen LogP contribution is 2.32. The Balaban J connectivity index is 0.000000153. The Kier molecular flexibility index (Phi) is 9.40. The Morgan fingerprint density at radius 2 is 0.864 bits per heavy atom. The van der Waals surface area contributed by atoms with Crippen molar-refractivity contribution in [1.29, 1.82) is 0 Å². The lowest BCUT2D eigenvalue weighted by atomic mass is 10.1. The third kappa shape index (κ3) is 7.37. The minimum absolute atomic E-state index is 0.254. The van der Waals surface area contributed by atoms with E-state index in [2.05, 4.69) is 57.4 Å². The number of hydrogen-bond donors (Lipinski definition) is 0. The summed E-state index contributed by atoms with van der Waals surface area (Å²) in [4.78, 5) is 8.87. The molecule has 0 saturated heterocycles. The van der Waals surface area contributed by atoms with E-state index in [-0.39, 0.29) is 11.6 Å². The summed E-state index contributed by atoms with van der Waals surface area (Å²) < 4.78 is 72.5. The minimum atomic E-state index is -4.39. The van der Waals surface area contributed by atoms with Gasteiger partial charge in [0.05, 0.1) is 62.8 Å². The van der Waals surface area contributed by atoms with Crippen molar-refractivity contribution < 1.29 is 22.0 Å². The number of rotatable bonds is 6. The molecule has 4 heterocycles. The summed E-state index contributed by atoms with van der Waals surface area (Å²) in [6, 6.07) is 41.2. The van der Waals surface area contributed by atoms with Crippen LogP contribution in [0.2, 0.25) is 0 Å². The Hall–Kier alpha value is -7.67. The molecule has 6 aromatic carbocycles. The van der Waals surface area contributed by atoms with Gasteiger partial charge in [-0.1, -0.05) is 29.8 Å². The molecule has 0 amide bonds. The molecular weight excluding hydrogens is 760 g/mol. The number of benzene rings is 6. The zero-order valence-corrected chi connectivity index (χ0v) is 31.1. The largest absolute Gasteiger partial charge is 0.416 e. The molecule has 0 saturated carbocycles. The summed E-state index contributed by atoms with van der Waals surface area (Å²) in [6.07, 6.45) is 2.42. The predicted octanol–water partition coefficient (Wildman–Crippen LogP) is 11.4. The first-order chi connectivity index (χ1) is 28.6. The highest BCUT2D eigenvalue weighted by atomic mass is 19.4. The molecule has 0 aliphatic rings. The fourth-order valence-electron chi connectivity index (χ4n) is 6.88. The van der Waals surface area contributed by atoms with Crippen LogP contribution in [0.25, 0.3) is 67.3 Å². The Morgan fingerprint density at radius 3 is 1.29 bits per heavy atom. The van der Waals surface area contributed by atoms with E-state index in [1.807, 2.05) is 50.2 Å². The summed E-state index contributed by atoms with van der Waals surface area (Å²) in [6.45, 7) is 2.07. The van der Waals surface area contributed by atoms with Gasteiger partial charge in [-0.25, -0.2) is 28.1 Å². The van der Waals surface area contributed by atoms with E-state index in [0.717, 1.165) is 68.1 Å². The maximum Gasteiger partial charge on any atom is 0.416 e. The topological polar surface area (TPSA) is 71.3 Å². The van der Waals surface area contributed by atoms with Crippen LogP contribution in [-0.4, -0.2) is 38.7 Å². The smallest absolute Gasteiger partial charge is 0.299 e. The molecule has 0 atom stereocenters. The number of aromatic nitrogens is 8. The zero-order valence-electron chi connectivity index (χ0n) is 31.1. The quantitative estimate of drug-likeness (QED) is 0.157. The van der Waals surface area contributed by atoms with Crippen molar-refractivity contribution >= 4 is 22.1 Å². The Labute approximate surface area is 333 Å². The molecular formula is C46H31F5N8. The van der Waals surface area contributed by atoms with Crippen LogP contribution in [0.4, 0.5) is 22.0 Å². The predicted molar refractivity (Wildman–Crippen MR) is 217 cm³/mol.